The van der Waals surface area contributed by atoms with Crippen molar-refractivity contribution in [3.05, 3.63) is 71.6 Å². The number of hydrogen-bond donors (Lipinski definition) is 2. The van der Waals surface area contributed by atoms with Gasteiger partial charge in [0.1, 0.15) is 28.7 Å². The van der Waals surface area contributed by atoms with Gasteiger partial charge in [0, 0.05) is 40.1 Å². The Balaban J connectivity index is 1.05. The highest BCUT2D eigenvalue weighted by Crippen LogP contribution is 2.62. The number of nitrogens with one attached hydrogen (secondary N) is 2. The zero-order valence-electron chi connectivity index (χ0n) is 25.2. The summed E-state index contributed by atoms with van der Waals surface area (Å²) in [6.07, 6.45) is 12.7. The molecule has 0 radical (unpaired) electrons. The molecule has 2 aromatic heterocycles. The average molecular weight is 578 g/mol. The molecule has 1 unspecified atom stereocenters. The first kappa shape index (κ1) is 26.5. The van der Waals surface area contributed by atoms with Crippen LogP contribution >= 0.6 is 0 Å². The van der Waals surface area contributed by atoms with Crippen molar-refractivity contribution in [1.82, 2.24) is 24.8 Å². The maximum atomic E-state index is 12.8. The van der Waals surface area contributed by atoms with Crippen LogP contribution in [-0.2, 0) is 10.2 Å². The van der Waals surface area contributed by atoms with Crippen LogP contribution in [-0.4, -0.2) is 43.1 Å². The summed E-state index contributed by atoms with van der Waals surface area (Å²) in [6, 6.07) is 13.0. The Bertz CT molecular complexity index is 1700. The smallest absolute Gasteiger partial charge is 0.410 e. The molecule has 3 fully saturated rings. The summed E-state index contributed by atoms with van der Waals surface area (Å²) in [6.45, 7) is 6.36. The van der Waals surface area contributed by atoms with E-state index in [1.807, 2.05) is 33.2 Å². The van der Waals surface area contributed by atoms with Gasteiger partial charge in [-0.1, -0.05) is 25.0 Å². The summed E-state index contributed by atoms with van der Waals surface area (Å²) in [5.74, 6) is 4.34. The normalized spacial score (nSPS) is 20.6. The molecule has 1 amide bonds. The molecule has 8 nitrogen and oxygen atoms in total. The fraction of sp³-hybridized carbons (Fsp3) is 0.457. The van der Waals surface area contributed by atoms with E-state index in [2.05, 4.69) is 46.4 Å². The van der Waals surface area contributed by atoms with Crippen molar-refractivity contribution in [2.24, 2.45) is 0 Å². The minimum absolute atomic E-state index is 0.00265. The van der Waals surface area contributed by atoms with Gasteiger partial charge in [-0.15, -0.1) is 0 Å². The zero-order chi connectivity index (χ0) is 29.3. The number of nitrogens with zero attached hydrogens (tertiary/aromatic N) is 3. The Hall–Kier alpha value is -4.07. The molecule has 2 aliphatic heterocycles. The molecule has 4 aliphatic rings. The largest absolute Gasteiger partial charge is 0.457 e. The van der Waals surface area contributed by atoms with Crippen molar-refractivity contribution in [2.45, 2.75) is 95.1 Å². The molecule has 2 aliphatic carbocycles. The third-order valence-electron chi connectivity index (χ3n) is 9.71. The third kappa shape index (κ3) is 4.62. The van der Waals surface area contributed by atoms with E-state index in [0.29, 0.717) is 12.5 Å². The van der Waals surface area contributed by atoms with Gasteiger partial charge in [-0.3, -0.25) is 4.90 Å². The van der Waals surface area contributed by atoms with Gasteiger partial charge in [0.05, 0.1) is 29.8 Å². The van der Waals surface area contributed by atoms with Crippen LogP contribution in [0.3, 0.4) is 0 Å². The lowest BCUT2D eigenvalue weighted by atomic mass is 9.83. The Kier molecular flexibility index (Phi) is 6.01. The average Bonchev–Trinajstić information content (AvgIpc) is 3.56. The summed E-state index contributed by atoms with van der Waals surface area (Å²) in [5, 5.41) is 0. The van der Waals surface area contributed by atoms with E-state index in [-0.39, 0.29) is 17.6 Å². The van der Waals surface area contributed by atoms with Crippen LogP contribution in [0.25, 0.3) is 22.5 Å². The highest BCUT2D eigenvalue weighted by molar-refractivity contribution is 5.72. The topological polar surface area (TPSA) is 96.1 Å². The molecule has 1 saturated heterocycles. The molecule has 2 N–H and O–H groups in total. The minimum atomic E-state index is -0.529. The molecule has 1 spiro atoms. The standard InChI is InChI=1S/C35H39N5O3/c1-34(2,3)43-33(41)40-16-6-9-28(40)32-37-20-27(39-32)23-10-12-24-30(18-23)42-29-13-11-22(17-25(29)35(24)14-15-35)26-19-36-31(38-26)21-7-4-5-8-21/h10-13,17-21,28H,4-9,14-16H2,1-3H3,(H,36,38)(H,37,39). The highest BCUT2D eigenvalue weighted by Gasteiger charge is 2.51. The van der Waals surface area contributed by atoms with Gasteiger partial charge in [-0.05, 0) is 83.6 Å². The minimum Gasteiger partial charge on any atom is -0.457 e. The van der Waals surface area contributed by atoms with E-state index < -0.39 is 5.60 Å². The van der Waals surface area contributed by atoms with Gasteiger partial charge in [-0.25, -0.2) is 14.8 Å². The Morgan fingerprint density at radius 2 is 1.58 bits per heavy atom. The number of aromatic nitrogens is 4. The fourth-order valence-electron chi connectivity index (χ4n) is 7.39. The van der Waals surface area contributed by atoms with Gasteiger partial charge in [-0.2, -0.15) is 0 Å². The number of amides is 1. The molecule has 2 saturated carbocycles. The molecule has 1 atom stereocenters. The number of hydrogen-bond acceptors (Lipinski definition) is 5. The number of carbonyl (C=O) groups is 1. The number of rotatable bonds is 4. The van der Waals surface area contributed by atoms with E-state index in [9.17, 15) is 4.79 Å². The van der Waals surface area contributed by atoms with Gasteiger partial charge in [0.25, 0.3) is 0 Å². The quantitative estimate of drug-likeness (QED) is 0.254. The van der Waals surface area contributed by atoms with Gasteiger partial charge >= 0.3 is 6.09 Å². The zero-order valence-corrected chi connectivity index (χ0v) is 25.2. The van der Waals surface area contributed by atoms with E-state index in [1.54, 1.807) is 4.90 Å². The number of benzene rings is 2. The molecule has 2 aromatic carbocycles. The lowest BCUT2D eigenvalue weighted by Crippen LogP contribution is -2.36. The maximum absolute atomic E-state index is 12.8. The van der Waals surface area contributed by atoms with Crippen molar-refractivity contribution in [1.29, 1.82) is 0 Å². The molecule has 43 heavy (non-hydrogen) atoms. The van der Waals surface area contributed by atoms with Crippen molar-refractivity contribution in [3.63, 3.8) is 0 Å². The SMILES string of the molecule is CC(C)(C)OC(=O)N1CCCC1c1ncc(-c2ccc3c(c2)Oc2ccc(-c4cnc(C5CCCC5)[nH]4)cc2C32CC2)[nH]1. The molecule has 4 heterocycles. The Morgan fingerprint density at radius 3 is 2.33 bits per heavy atom. The van der Waals surface area contributed by atoms with Gasteiger partial charge < -0.3 is 19.4 Å². The van der Waals surface area contributed by atoms with Crippen molar-refractivity contribution < 1.29 is 14.3 Å². The first-order chi connectivity index (χ1) is 20.8. The van der Waals surface area contributed by atoms with Crippen molar-refractivity contribution in [2.75, 3.05) is 6.54 Å². The van der Waals surface area contributed by atoms with Crippen LogP contribution in [0, 0.1) is 0 Å². The van der Waals surface area contributed by atoms with Gasteiger partial charge in [0.15, 0.2) is 0 Å². The molecular formula is C35H39N5O3. The third-order valence-corrected chi connectivity index (χ3v) is 9.71. The van der Waals surface area contributed by atoms with E-state index in [0.717, 1.165) is 65.8 Å². The van der Waals surface area contributed by atoms with Crippen molar-refractivity contribution >= 4 is 6.09 Å². The van der Waals surface area contributed by atoms with E-state index >= 15 is 0 Å². The molecule has 4 aromatic rings. The Morgan fingerprint density at radius 1 is 0.884 bits per heavy atom. The Labute approximate surface area is 252 Å². The van der Waals surface area contributed by atoms with E-state index in [1.165, 1.54) is 42.4 Å². The first-order valence-corrected chi connectivity index (χ1v) is 15.8. The lowest BCUT2D eigenvalue weighted by Gasteiger charge is -2.29. The van der Waals surface area contributed by atoms with Crippen molar-refractivity contribution in [3.8, 4) is 34.0 Å². The second-order valence-electron chi connectivity index (χ2n) is 13.8. The summed E-state index contributed by atoms with van der Waals surface area (Å²) in [5.41, 5.74) is 6.19. The maximum Gasteiger partial charge on any atom is 0.410 e. The predicted octanol–water partition coefficient (Wildman–Crippen LogP) is 8.38. The second-order valence-corrected chi connectivity index (χ2v) is 13.8. The number of H-pyrrole nitrogens is 2. The number of imidazole rings is 2. The van der Waals surface area contributed by atoms with Crippen LogP contribution in [0.2, 0.25) is 0 Å². The lowest BCUT2D eigenvalue weighted by molar-refractivity contribution is 0.0218. The number of aromatic amines is 2. The van der Waals surface area contributed by atoms with E-state index in [4.69, 9.17) is 19.4 Å². The fourth-order valence-corrected chi connectivity index (χ4v) is 7.39. The molecule has 8 rings (SSSR count). The summed E-state index contributed by atoms with van der Waals surface area (Å²) in [4.78, 5) is 31.2. The number of fused-ring (bicyclic) bond motifs is 4. The number of likely N-dealkylation sites (tertiary alicyclic amines) is 1. The molecular weight excluding hydrogens is 538 g/mol. The highest BCUT2D eigenvalue weighted by atomic mass is 16.6. The van der Waals surface area contributed by atoms with Crippen LogP contribution in [0.15, 0.2) is 48.8 Å². The van der Waals surface area contributed by atoms with Gasteiger partial charge in [0.2, 0.25) is 0 Å². The predicted molar refractivity (Wildman–Crippen MR) is 164 cm³/mol. The molecule has 222 valence electrons. The van der Waals surface area contributed by atoms with Crippen LogP contribution in [0.5, 0.6) is 11.5 Å². The second kappa shape index (κ2) is 9.73. The monoisotopic (exact) mass is 577 g/mol. The van der Waals surface area contributed by atoms with Crippen LogP contribution in [0.4, 0.5) is 4.79 Å². The number of ether oxygens (including phenoxy) is 2. The summed E-state index contributed by atoms with van der Waals surface area (Å²) in [7, 11) is 0. The number of carbonyl (C=O) groups excluding carboxylic acids is 1. The summed E-state index contributed by atoms with van der Waals surface area (Å²) >= 11 is 0. The van der Waals surface area contributed by atoms with Crippen LogP contribution < -0.4 is 4.74 Å². The summed E-state index contributed by atoms with van der Waals surface area (Å²) < 4.78 is 12.2. The molecule has 8 heteroatoms. The molecule has 0 bridgehead atoms. The van der Waals surface area contributed by atoms with Crippen LogP contribution in [0.1, 0.15) is 107 Å². The first-order valence-electron chi connectivity index (χ1n) is 15.8.